The molecule has 1 saturated heterocycles. The highest BCUT2D eigenvalue weighted by molar-refractivity contribution is 5.75. The summed E-state index contributed by atoms with van der Waals surface area (Å²) in [6.45, 7) is 7.06. The maximum atomic E-state index is 5.46. The molecule has 0 radical (unpaired) electrons. The number of terminal acetylenes is 1. The van der Waals surface area contributed by atoms with Crippen molar-refractivity contribution in [2.45, 2.75) is 13.1 Å². The monoisotopic (exact) mass is 312 g/mol. The van der Waals surface area contributed by atoms with E-state index in [1.54, 1.807) is 0 Å². The maximum absolute atomic E-state index is 5.46. The summed E-state index contributed by atoms with van der Waals surface area (Å²) in [7, 11) is 2.18. The highest BCUT2D eigenvalue weighted by Gasteiger charge is 2.17. The SMILES string of the molecule is C#CCOCCn1c(CN2CCN(C)CC2)nc2ccccc21. The average Bonchev–Trinajstić information content (AvgIpc) is 2.91. The van der Waals surface area contributed by atoms with E-state index in [2.05, 4.69) is 45.5 Å². The van der Waals surface area contributed by atoms with Gasteiger partial charge in [-0.05, 0) is 19.2 Å². The number of ether oxygens (including phenoxy) is 1. The summed E-state index contributed by atoms with van der Waals surface area (Å²) < 4.78 is 7.73. The zero-order valence-electron chi connectivity index (χ0n) is 13.7. The topological polar surface area (TPSA) is 33.5 Å². The van der Waals surface area contributed by atoms with Crippen molar-refractivity contribution in [3.63, 3.8) is 0 Å². The highest BCUT2D eigenvalue weighted by atomic mass is 16.5. The first-order valence-corrected chi connectivity index (χ1v) is 8.14. The normalized spacial score (nSPS) is 16.7. The Morgan fingerprint density at radius 3 is 2.78 bits per heavy atom. The third-order valence-corrected chi connectivity index (χ3v) is 4.34. The van der Waals surface area contributed by atoms with Gasteiger partial charge in [-0.1, -0.05) is 18.1 Å². The van der Waals surface area contributed by atoms with E-state index in [9.17, 15) is 0 Å². The quantitative estimate of drug-likeness (QED) is 0.597. The van der Waals surface area contributed by atoms with Crippen LogP contribution in [0.4, 0.5) is 0 Å². The molecular formula is C18H24N4O. The van der Waals surface area contributed by atoms with Gasteiger partial charge in [0, 0.05) is 32.7 Å². The van der Waals surface area contributed by atoms with Crippen LogP contribution in [-0.2, 0) is 17.8 Å². The van der Waals surface area contributed by atoms with E-state index in [1.165, 1.54) is 5.52 Å². The molecule has 0 atom stereocenters. The molecule has 1 aromatic heterocycles. The highest BCUT2D eigenvalue weighted by Crippen LogP contribution is 2.18. The van der Waals surface area contributed by atoms with Gasteiger partial charge in [0.05, 0.1) is 24.2 Å². The second-order valence-corrected chi connectivity index (χ2v) is 6.00. The van der Waals surface area contributed by atoms with Crippen molar-refractivity contribution in [1.29, 1.82) is 0 Å². The van der Waals surface area contributed by atoms with Gasteiger partial charge in [-0.15, -0.1) is 6.42 Å². The summed E-state index contributed by atoms with van der Waals surface area (Å²) in [5.74, 6) is 3.62. The van der Waals surface area contributed by atoms with Crippen LogP contribution in [0.25, 0.3) is 11.0 Å². The van der Waals surface area contributed by atoms with Gasteiger partial charge >= 0.3 is 0 Å². The Balaban J connectivity index is 1.76. The first kappa shape index (κ1) is 16.0. The molecule has 1 aliphatic rings. The van der Waals surface area contributed by atoms with Crippen LogP contribution < -0.4 is 0 Å². The van der Waals surface area contributed by atoms with Gasteiger partial charge in [-0.25, -0.2) is 4.98 Å². The largest absolute Gasteiger partial charge is 0.367 e. The van der Waals surface area contributed by atoms with E-state index in [0.717, 1.165) is 50.6 Å². The van der Waals surface area contributed by atoms with Crippen LogP contribution in [-0.4, -0.2) is 65.8 Å². The molecule has 2 heterocycles. The first-order valence-electron chi connectivity index (χ1n) is 8.14. The van der Waals surface area contributed by atoms with Gasteiger partial charge in [-0.2, -0.15) is 0 Å². The van der Waals surface area contributed by atoms with Gasteiger partial charge in [0.1, 0.15) is 12.4 Å². The number of para-hydroxylation sites is 2. The van der Waals surface area contributed by atoms with E-state index in [4.69, 9.17) is 16.1 Å². The molecule has 122 valence electrons. The Kier molecular flexibility index (Phi) is 5.29. The van der Waals surface area contributed by atoms with Crippen LogP contribution in [0.1, 0.15) is 5.82 Å². The Morgan fingerprint density at radius 2 is 2.00 bits per heavy atom. The number of hydrogen-bond acceptors (Lipinski definition) is 4. The molecule has 0 bridgehead atoms. The minimum absolute atomic E-state index is 0.362. The van der Waals surface area contributed by atoms with Gasteiger partial charge in [0.25, 0.3) is 0 Å². The summed E-state index contributed by atoms with van der Waals surface area (Å²) in [5.41, 5.74) is 2.22. The summed E-state index contributed by atoms with van der Waals surface area (Å²) >= 11 is 0. The number of fused-ring (bicyclic) bond motifs is 1. The second-order valence-electron chi connectivity index (χ2n) is 6.00. The fourth-order valence-corrected chi connectivity index (χ4v) is 2.99. The Bertz CT molecular complexity index is 680. The lowest BCUT2D eigenvalue weighted by molar-refractivity contribution is 0.139. The number of rotatable bonds is 6. The molecular weight excluding hydrogens is 288 g/mol. The predicted molar refractivity (Wildman–Crippen MR) is 92.2 cm³/mol. The zero-order chi connectivity index (χ0) is 16.1. The lowest BCUT2D eigenvalue weighted by Crippen LogP contribution is -2.44. The molecule has 1 aromatic carbocycles. The third-order valence-electron chi connectivity index (χ3n) is 4.34. The number of piperazine rings is 1. The number of aromatic nitrogens is 2. The van der Waals surface area contributed by atoms with Crippen LogP contribution in [0.2, 0.25) is 0 Å². The molecule has 1 aliphatic heterocycles. The summed E-state index contributed by atoms with van der Waals surface area (Å²) in [4.78, 5) is 9.68. The van der Waals surface area contributed by atoms with E-state index in [0.29, 0.717) is 13.2 Å². The number of nitrogens with zero attached hydrogens (tertiary/aromatic N) is 4. The Labute approximate surface area is 137 Å². The van der Waals surface area contributed by atoms with Crippen LogP contribution in [0.5, 0.6) is 0 Å². The summed E-state index contributed by atoms with van der Waals surface area (Å²) in [6, 6.07) is 8.29. The lowest BCUT2D eigenvalue weighted by atomic mass is 10.3. The Hall–Kier alpha value is -1.87. The van der Waals surface area contributed by atoms with E-state index in [1.807, 2.05) is 6.07 Å². The molecule has 0 aliphatic carbocycles. The fourth-order valence-electron chi connectivity index (χ4n) is 2.99. The average molecular weight is 312 g/mol. The summed E-state index contributed by atoms with van der Waals surface area (Å²) in [6.07, 6.45) is 5.24. The lowest BCUT2D eigenvalue weighted by Gasteiger charge is -2.32. The smallest absolute Gasteiger partial charge is 0.124 e. The Morgan fingerprint density at radius 1 is 1.22 bits per heavy atom. The number of hydrogen-bond donors (Lipinski definition) is 0. The number of benzene rings is 1. The molecule has 0 unspecified atom stereocenters. The van der Waals surface area contributed by atoms with Crippen LogP contribution in [0, 0.1) is 12.3 Å². The number of imidazole rings is 1. The maximum Gasteiger partial charge on any atom is 0.124 e. The zero-order valence-corrected chi connectivity index (χ0v) is 13.7. The van der Waals surface area contributed by atoms with Gasteiger partial charge in [0.15, 0.2) is 0 Å². The minimum Gasteiger partial charge on any atom is -0.367 e. The first-order chi connectivity index (χ1) is 11.3. The van der Waals surface area contributed by atoms with E-state index in [-0.39, 0.29) is 0 Å². The third kappa shape index (κ3) is 3.91. The van der Waals surface area contributed by atoms with Gasteiger partial charge in [0.2, 0.25) is 0 Å². The van der Waals surface area contributed by atoms with Crippen molar-refractivity contribution < 1.29 is 4.74 Å². The molecule has 23 heavy (non-hydrogen) atoms. The van der Waals surface area contributed by atoms with Crippen molar-refractivity contribution >= 4 is 11.0 Å². The summed E-state index contributed by atoms with van der Waals surface area (Å²) in [5, 5.41) is 0. The van der Waals surface area contributed by atoms with Gasteiger partial charge in [-0.3, -0.25) is 4.90 Å². The van der Waals surface area contributed by atoms with Gasteiger partial charge < -0.3 is 14.2 Å². The van der Waals surface area contributed by atoms with Crippen molar-refractivity contribution in [2.75, 3.05) is 46.4 Å². The van der Waals surface area contributed by atoms with Crippen molar-refractivity contribution in [3.8, 4) is 12.3 Å². The molecule has 0 N–H and O–H groups in total. The fraction of sp³-hybridized carbons (Fsp3) is 0.500. The van der Waals surface area contributed by atoms with E-state index >= 15 is 0 Å². The van der Waals surface area contributed by atoms with Crippen LogP contribution in [0.3, 0.4) is 0 Å². The molecule has 5 heteroatoms. The molecule has 1 fully saturated rings. The van der Waals surface area contributed by atoms with Crippen LogP contribution in [0.15, 0.2) is 24.3 Å². The van der Waals surface area contributed by atoms with Crippen molar-refractivity contribution in [3.05, 3.63) is 30.1 Å². The molecule has 2 aromatic rings. The number of likely N-dealkylation sites (N-methyl/N-ethyl adjacent to an activating group) is 1. The second kappa shape index (κ2) is 7.60. The minimum atomic E-state index is 0.362. The molecule has 5 nitrogen and oxygen atoms in total. The van der Waals surface area contributed by atoms with Crippen molar-refractivity contribution in [2.24, 2.45) is 0 Å². The standard InChI is InChI=1S/C18H24N4O/c1-3-13-23-14-12-22-17-7-5-4-6-16(17)19-18(22)15-21-10-8-20(2)9-11-21/h1,4-7H,8-15H2,2H3. The van der Waals surface area contributed by atoms with Crippen molar-refractivity contribution in [1.82, 2.24) is 19.4 Å². The predicted octanol–water partition coefficient (Wildman–Crippen LogP) is 1.43. The molecule has 0 amide bonds. The molecule has 0 spiro atoms. The molecule has 3 rings (SSSR count). The van der Waals surface area contributed by atoms with Crippen LogP contribution >= 0.6 is 0 Å². The molecule has 0 saturated carbocycles. The van der Waals surface area contributed by atoms with E-state index < -0.39 is 0 Å².